The highest BCUT2D eigenvalue weighted by Gasteiger charge is 2.16. The first-order chi connectivity index (χ1) is 10.9. The fourth-order valence-corrected chi connectivity index (χ4v) is 2.63. The third-order valence-electron chi connectivity index (χ3n) is 3.13. The molecule has 0 fully saturated rings. The molecule has 0 atom stereocenters. The number of benzene rings is 2. The molecule has 0 aliphatic rings. The van der Waals surface area contributed by atoms with Crippen LogP contribution in [0.4, 0.5) is 11.4 Å². The first kappa shape index (κ1) is 17.2. The number of nitro benzene ring substituents is 1. The SMILES string of the molecule is Cc1ccc([N+](=O)[O-])c(OCC(=O)Nc2ccc(I)cc2C)c1. The Balaban J connectivity index is 2.05. The molecule has 2 aromatic carbocycles. The van der Waals surface area contributed by atoms with Crippen LogP contribution in [0.1, 0.15) is 11.1 Å². The minimum Gasteiger partial charge on any atom is -0.477 e. The van der Waals surface area contributed by atoms with Crippen LogP contribution in [0.25, 0.3) is 0 Å². The average Bonchev–Trinajstić information content (AvgIpc) is 2.48. The Morgan fingerprint density at radius 1 is 1.26 bits per heavy atom. The first-order valence-corrected chi connectivity index (χ1v) is 7.88. The van der Waals surface area contributed by atoms with Crippen molar-refractivity contribution in [3.05, 3.63) is 61.2 Å². The van der Waals surface area contributed by atoms with Gasteiger partial charge in [0.2, 0.25) is 0 Å². The lowest BCUT2D eigenvalue weighted by molar-refractivity contribution is -0.385. The minimum absolute atomic E-state index is 0.0875. The summed E-state index contributed by atoms with van der Waals surface area (Å²) in [5.74, 6) is -0.283. The minimum atomic E-state index is -0.532. The Kier molecular flexibility index (Phi) is 5.54. The van der Waals surface area contributed by atoms with Crippen molar-refractivity contribution in [1.29, 1.82) is 0 Å². The van der Waals surface area contributed by atoms with Crippen molar-refractivity contribution in [2.75, 3.05) is 11.9 Å². The number of nitrogens with zero attached hydrogens (tertiary/aromatic N) is 1. The normalized spacial score (nSPS) is 10.2. The Bertz CT molecular complexity index is 762. The molecule has 0 bridgehead atoms. The maximum Gasteiger partial charge on any atom is 0.310 e. The molecule has 0 heterocycles. The molecule has 0 unspecified atom stereocenters. The van der Waals surface area contributed by atoms with Gasteiger partial charge >= 0.3 is 5.69 Å². The van der Waals surface area contributed by atoms with E-state index in [-0.39, 0.29) is 24.0 Å². The van der Waals surface area contributed by atoms with Crippen LogP contribution in [0.5, 0.6) is 5.75 Å². The number of rotatable bonds is 5. The summed E-state index contributed by atoms with van der Waals surface area (Å²) in [6.07, 6.45) is 0. The van der Waals surface area contributed by atoms with E-state index in [9.17, 15) is 14.9 Å². The van der Waals surface area contributed by atoms with E-state index in [1.165, 1.54) is 6.07 Å². The molecule has 0 aliphatic carbocycles. The van der Waals surface area contributed by atoms with E-state index >= 15 is 0 Å². The lowest BCUT2D eigenvalue weighted by atomic mass is 10.2. The molecule has 23 heavy (non-hydrogen) atoms. The van der Waals surface area contributed by atoms with E-state index in [1.54, 1.807) is 19.1 Å². The number of carbonyl (C=O) groups is 1. The lowest BCUT2D eigenvalue weighted by Crippen LogP contribution is -2.21. The van der Waals surface area contributed by atoms with Gasteiger partial charge in [0.25, 0.3) is 5.91 Å². The van der Waals surface area contributed by atoms with Gasteiger partial charge < -0.3 is 10.1 Å². The predicted octanol–water partition coefficient (Wildman–Crippen LogP) is 3.83. The number of hydrogen-bond acceptors (Lipinski definition) is 4. The zero-order chi connectivity index (χ0) is 17.0. The topological polar surface area (TPSA) is 81.5 Å². The van der Waals surface area contributed by atoms with Gasteiger partial charge in [-0.3, -0.25) is 14.9 Å². The molecule has 1 amide bonds. The number of anilines is 1. The second-order valence-corrected chi connectivity index (χ2v) is 6.27. The number of aryl methyl sites for hydroxylation is 2. The Morgan fingerprint density at radius 2 is 2.00 bits per heavy atom. The fourth-order valence-electron chi connectivity index (χ4n) is 1.98. The summed E-state index contributed by atoms with van der Waals surface area (Å²) in [4.78, 5) is 22.4. The zero-order valence-corrected chi connectivity index (χ0v) is 14.8. The van der Waals surface area contributed by atoms with E-state index in [4.69, 9.17) is 4.74 Å². The van der Waals surface area contributed by atoms with Crippen molar-refractivity contribution in [2.45, 2.75) is 13.8 Å². The summed E-state index contributed by atoms with van der Waals surface area (Å²) >= 11 is 2.19. The quantitative estimate of drug-likeness (QED) is 0.448. The van der Waals surface area contributed by atoms with Gasteiger partial charge in [-0.1, -0.05) is 6.07 Å². The van der Waals surface area contributed by atoms with Gasteiger partial charge in [-0.25, -0.2) is 0 Å². The molecule has 6 nitrogen and oxygen atoms in total. The smallest absolute Gasteiger partial charge is 0.310 e. The predicted molar refractivity (Wildman–Crippen MR) is 95.9 cm³/mol. The summed E-state index contributed by atoms with van der Waals surface area (Å²) in [6, 6.07) is 10.2. The Hall–Kier alpha value is -2.16. The molecular formula is C16H15IN2O4. The van der Waals surface area contributed by atoms with Gasteiger partial charge in [-0.2, -0.15) is 0 Å². The standard InChI is InChI=1S/C16H15IN2O4/c1-10-3-6-14(19(21)22)15(7-10)23-9-16(20)18-13-5-4-12(17)8-11(13)2/h3-8H,9H2,1-2H3,(H,18,20). The van der Waals surface area contributed by atoms with Crippen LogP contribution >= 0.6 is 22.6 Å². The Morgan fingerprint density at radius 3 is 2.65 bits per heavy atom. The summed E-state index contributed by atoms with van der Waals surface area (Å²) < 4.78 is 6.40. The van der Waals surface area contributed by atoms with Gasteiger partial charge in [-0.15, -0.1) is 0 Å². The van der Waals surface area contributed by atoms with Crippen LogP contribution in [0, 0.1) is 27.5 Å². The molecule has 0 saturated heterocycles. The van der Waals surface area contributed by atoms with E-state index in [2.05, 4.69) is 27.9 Å². The number of ether oxygens (including phenoxy) is 1. The van der Waals surface area contributed by atoms with Crippen LogP contribution in [-0.2, 0) is 4.79 Å². The van der Waals surface area contributed by atoms with Crippen molar-refractivity contribution >= 4 is 39.9 Å². The van der Waals surface area contributed by atoms with Gasteiger partial charge in [0.05, 0.1) is 4.92 Å². The van der Waals surface area contributed by atoms with Crippen molar-refractivity contribution in [3.63, 3.8) is 0 Å². The number of nitro groups is 1. The van der Waals surface area contributed by atoms with Gasteiger partial charge in [-0.05, 0) is 71.8 Å². The average molecular weight is 426 g/mol. The summed E-state index contributed by atoms with van der Waals surface area (Å²) in [5.41, 5.74) is 2.29. The molecule has 0 aliphatic heterocycles. The van der Waals surface area contributed by atoms with Crippen molar-refractivity contribution < 1.29 is 14.5 Å². The third-order valence-corrected chi connectivity index (χ3v) is 3.80. The van der Waals surface area contributed by atoms with Crippen LogP contribution in [0.15, 0.2) is 36.4 Å². The highest BCUT2D eigenvalue weighted by molar-refractivity contribution is 14.1. The van der Waals surface area contributed by atoms with E-state index in [0.717, 1.165) is 14.7 Å². The number of hydrogen-bond donors (Lipinski definition) is 1. The second kappa shape index (κ2) is 7.40. The molecule has 2 rings (SSSR count). The van der Waals surface area contributed by atoms with Crippen LogP contribution in [-0.4, -0.2) is 17.4 Å². The summed E-state index contributed by atoms with van der Waals surface area (Å²) in [7, 11) is 0. The fraction of sp³-hybridized carbons (Fsp3) is 0.188. The number of amides is 1. The van der Waals surface area contributed by atoms with E-state index < -0.39 is 4.92 Å². The highest BCUT2D eigenvalue weighted by atomic mass is 127. The molecule has 0 aromatic heterocycles. The zero-order valence-electron chi connectivity index (χ0n) is 12.6. The number of halogens is 1. The summed E-state index contributed by atoms with van der Waals surface area (Å²) in [5, 5.41) is 13.7. The van der Waals surface area contributed by atoms with Crippen LogP contribution < -0.4 is 10.1 Å². The molecular weight excluding hydrogens is 411 g/mol. The maximum atomic E-state index is 12.0. The molecule has 0 radical (unpaired) electrons. The first-order valence-electron chi connectivity index (χ1n) is 6.80. The van der Waals surface area contributed by atoms with Crippen molar-refractivity contribution in [1.82, 2.24) is 0 Å². The lowest BCUT2D eigenvalue weighted by Gasteiger charge is -2.10. The molecule has 0 spiro atoms. The molecule has 7 heteroatoms. The monoisotopic (exact) mass is 426 g/mol. The summed E-state index contributed by atoms with van der Waals surface area (Å²) in [6.45, 7) is 3.39. The van der Waals surface area contributed by atoms with Gasteiger partial charge in [0, 0.05) is 15.3 Å². The highest BCUT2D eigenvalue weighted by Crippen LogP contribution is 2.27. The van der Waals surface area contributed by atoms with E-state index in [1.807, 2.05) is 25.1 Å². The maximum absolute atomic E-state index is 12.0. The van der Waals surface area contributed by atoms with Crippen LogP contribution in [0.2, 0.25) is 0 Å². The molecule has 0 saturated carbocycles. The van der Waals surface area contributed by atoms with Crippen LogP contribution in [0.3, 0.4) is 0 Å². The second-order valence-electron chi connectivity index (χ2n) is 5.02. The Labute approximate surface area is 147 Å². The van der Waals surface area contributed by atoms with Crippen molar-refractivity contribution in [3.8, 4) is 5.75 Å². The number of nitrogens with one attached hydrogen (secondary N) is 1. The molecule has 2 aromatic rings. The molecule has 120 valence electrons. The number of carbonyl (C=O) groups excluding carboxylic acids is 1. The molecule has 1 N–H and O–H groups in total. The van der Waals surface area contributed by atoms with E-state index in [0.29, 0.717) is 5.69 Å². The van der Waals surface area contributed by atoms with Gasteiger partial charge in [0.15, 0.2) is 12.4 Å². The van der Waals surface area contributed by atoms with Gasteiger partial charge in [0.1, 0.15) is 0 Å². The van der Waals surface area contributed by atoms with Crippen molar-refractivity contribution in [2.24, 2.45) is 0 Å². The largest absolute Gasteiger partial charge is 0.477 e. The third kappa shape index (κ3) is 4.65.